The first-order valence-corrected chi connectivity index (χ1v) is 7.21. The fraction of sp³-hybridized carbons (Fsp3) is 0.600. The monoisotopic (exact) mass is 266 g/mol. The van der Waals surface area contributed by atoms with Gasteiger partial charge in [-0.2, -0.15) is 0 Å². The van der Waals surface area contributed by atoms with Gasteiger partial charge >= 0.3 is 0 Å². The number of nitrogens with one attached hydrogen (secondary N) is 1. The number of nitrogens with zero attached hydrogens (tertiary/aromatic N) is 1. The van der Waals surface area contributed by atoms with Crippen LogP contribution in [0.5, 0.6) is 0 Å². The van der Waals surface area contributed by atoms with Crippen molar-refractivity contribution in [1.82, 2.24) is 10.2 Å². The number of piperidine rings is 1. The van der Waals surface area contributed by atoms with Crippen LogP contribution in [0.15, 0.2) is 24.3 Å². The molecule has 0 saturated carbocycles. The molecule has 1 heterocycles. The third kappa shape index (κ3) is 3.71. The van der Waals surface area contributed by atoms with Gasteiger partial charge < -0.3 is 5.32 Å². The Hall–Kier alpha value is -0.570. The molecule has 3 heteroatoms. The molecule has 2 unspecified atom stereocenters. The molecule has 0 amide bonds. The van der Waals surface area contributed by atoms with E-state index in [0.717, 1.165) is 18.0 Å². The Kier molecular flexibility index (Phi) is 5.04. The summed E-state index contributed by atoms with van der Waals surface area (Å²) in [4.78, 5) is 2.51. The molecule has 18 heavy (non-hydrogen) atoms. The smallest absolute Gasteiger partial charge is 0.0406 e. The minimum absolute atomic E-state index is 0.566. The molecule has 2 atom stereocenters. The Morgan fingerprint density at radius 2 is 2.11 bits per heavy atom. The molecule has 100 valence electrons. The quantitative estimate of drug-likeness (QED) is 0.902. The zero-order valence-corrected chi connectivity index (χ0v) is 12.1. The minimum Gasteiger partial charge on any atom is -0.315 e. The third-order valence-corrected chi connectivity index (χ3v) is 4.24. The van der Waals surface area contributed by atoms with Crippen LogP contribution in [-0.2, 0) is 6.42 Å². The van der Waals surface area contributed by atoms with Gasteiger partial charge in [0.1, 0.15) is 0 Å². The lowest BCUT2D eigenvalue weighted by Crippen LogP contribution is -2.48. The van der Waals surface area contributed by atoms with Gasteiger partial charge in [0.2, 0.25) is 0 Å². The summed E-state index contributed by atoms with van der Waals surface area (Å²) in [6.07, 6.45) is 3.70. The van der Waals surface area contributed by atoms with Crippen molar-refractivity contribution >= 4 is 11.6 Å². The Morgan fingerprint density at radius 1 is 1.39 bits per heavy atom. The van der Waals surface area contributed by atoms with Crippen LogP contribution in [0.1, 0.15) is 25.3 Å². The van der Waals surface area contributed by atoms with E-state index in [1.165, 1.54) is 24.9 Å². The van der Waals surface area contributed by atoms with E-state index >= 15 is 0 Å². The van der Waals surface area contributed by atoms with Crippen molar-refractivity contribution < 1.29 is 0 Å². The summed E-state index contributed by atoms with van der Waals surface area (Å²) in [5.74, 6) is 0. The molecule has 1 aliphatic heterocycles. The van der Waals surface area contributed by atoms with Crippen LogP contribution in [0, 0.1) is 0 Å². The van der Waals surface area contributed by atoms with Crippen LogP contribution in [0.3, 0.4) is 0 Å². The van der Waals surface area contributed by atoms with E-state index in [0.29, 0.717) is 12.1 Å². The first-order chi connectivity index (χ1) is 8.66. The SMILES string of the molecule is CC(Cc1ccc(Cl)cc1)N(C)C1CCCNC1. The first-order valence-electron chi connectivity index (χ1n) is 6.84. The van der Waals surface area contributed by atoms with Gasteiger partial charge in [-0.3, -0.25) is 4.90 Å². The Labute approximate surface area is 115 Å². The summed E-state index contributed by atoms with van der Waals surface area (Å²) in [7, 11) is 2.25. The lowest BCUT2D eigenvalue weighted by atomic mass is 10.0. The van der Waals surface area contributed by atoms with Gasteiger partial charge in [-0.25, -0.2) is 0 Å². The lowest BCUT2D eigenvalue weighted by molar-refractivity contribution is 0.155. The van der Waals surface area contributed by atoms with E-state index in [1.54, 1.807) is 0 Å². The van der Waals surface area contributed by atoms with Gasteiger partial charge in [-0.05, 0) is 57.5 Å². The molecule has 1 aromatic rings. The van der Waals surface area contributed by atoms with Crippen LogP contribution < -0.4 is 5.32 Å². The van der Waals surface area contributed by atoms with Crippen molar-refractivity contribution in [1.29, 1.82) is 0 Å². The van der Waals surface area contributed by atoms with E-state index < -0.39 is 0 Å². The number of likely N-dealkylation sites (N-methyl/N-ethyl adjacent to an activating group) is 1. The summed E-state index contributed by atoms with van der Waals surface area (Å²) in [6.45, 7) is 4.61. The van der Waals surface area contributed by atoms with Crippen molar-refractivity contribution in [2.75, 3.05) is 20.1 Å². The van der Waals surface area contributed by atoms with Crippen molar-refractivity contribution in [3.63, 3.8) is 0 Å². The van der Waals surface area contributed by atoms with Crippen LogP contribution in [-0.4, -0.2) is 37.1 Å². The lowest BCUT2D eigenvalue weighted by Gasteiger charge is -2.36. The Morgan fingerprint density at radius 3 is 2.72 bits per heavy atom. The molecular weight excluding hydrogens is 244 g/mol. The van der Waals surface area contributed by atoms with Gasteiger partial charge in [0, 0.05) is 23.7 Å². The maximum atomic E-state index is 5.91. The van der Waals surface area contributed by atoms with Crippen molar-refractivity contribution in [3.05, 3.63) is 34.9 Å². The molecule has 0 bridgehead atoms. The summed E-state index contributed by atoms with van der Waals surface area (Å²) < 4.78 is 0. The van der Waals surface area contributed by atoms with Crippen LogP contribution in [0.4, 0.5) is 0 Å². The van der Waals surface area contributed by atoms with Crippen molar-refractivity contribution in [2.24, 2.45) is 0 Å². The summed E-state index contributed by atoms with van der Waals surface area (Å²) >= 11 is 5.91. The summed E-state index contributed by atoms with van der Waals surface area (Å²) in [5, 5.41) is 4.30. The molecule has 0 aliphatic carbocycles. The number of halogens is 1. The minimum atomic E-state index is 0.566. The topological polar surface area (TPSA) is 15.3 Å². The molecule has 2 rings (SSSR count). The average Bonchev–Trinajstić information content (AvgIpc) is 2.41. The molecule has 0 aromatic heterocycles. The average molecular weight is 267 g/mol. The number of hydrogen-bond acceptors (Lipinski definition) is 2. The second kappa shape index (κ2) is 6.55. The molecular formula is C15H23ClN2. The van der Waals surface area contributed by atoms with Gasteiger partial charge in [0.15, 0.2) is 0 Å². The molecule has 1 N–H and O–H groups in total. The molecule has 1 fully saturated rings. The Balaban J connectivity index is 1.89. The standard InChI is InChI=1S/C15H23ClN2/c1-12(10-13-5-7-14(16)8-6-13)18(2)15-4-3-9-17-11-15/h5-8,12,15,17H,3-4,9-11H2,1-2H3. The molecule has 0 radical (unpaired) electrons. The van der Waals surface area contributed by atoms with Crippen molar-refractivity contribution in [2.45, 2.75) is 38.3 Å². The van der Waals surface area contributed by atoms with E-state index in [1.807, 2.05) is 12.1 Å². The second-order valence-corrected chi connectivity index (χ2v) is 5.78. The van der Waals surface area contributed by atoms with Gasteiger partial charge in [0.05, 0.1) is 0 Å². The number of rotatable bonds is 4. The Bertz CT molecular complexity index is 357. The summed E-state index contributed by atoms with van der Waals surface area (Å²) in [6, 6.07) is 9.46. The second-order valence-electron chi connectivity index (χ2n) is 5.35. The van der Waals surface area contributed by atoms with E-state index in [-0.39, 0.29) is 0 Å². The largest absolute Gasteiger partial charge is 0.315 e. The highest BCUT2D eigenvalue weighted by Gasteiger charge is 2.21. The third-order valence-electron chi connectivity index (χ3n) is 3.99. The normalized spacial score (nSPS) is 22.1. The highest BCUT2D eigenvalue weighted by molar-refractivity contribution is 6.30. The van der Waals surface area contributed by atoms with Gasteiger partial charge in [-0.15, -0.1) is 0 Å². The van der Waals surface area contributed by atoms with E-state index in [4.69, 9.17) is 11.6 Å². The molecule has 0 spiro atoms. The maximum absolute atomic E-state index is 5.91. The first kappa shape index (κ1) is 13.9. The van der Waals surface area contributed by atoms with E-state index in [2.05, 4.69) is 36.3 Å². The van der Waals surface area contributed by atoms with Crippen LogP contribution >= 0.6 is 11.6 Å². The van der Waals surface area contributed by atoms with Gasteiger partial charge in [0.25, 0.3) is 0 Å². The van der Waals surface area contributed by atoms with Crippen LogP contribution in [0.2, 0.25) is 5.02 Å². The number of hydrogen-bond donors (Lipinski definition) is 1. The van der Waals surface area contributed by atoms with E-state index in [9.17, 15) is 0 Å². The molecule has 2 nitrogen and oxygen atoms in total. The number of benzene rings is 1. The molecule has 1 aromatic carbocycles. The maximum Gasteiger partial charge on any atom is 0.0406 e. The highest BCUT2D eigenvalue weighted by Crippen LogP contribution is 2.16. The highest BCUT2D eigenvalue weighted by atomic mass is 35.5. The fourth-order valence-corrected chi connectivity index (χ4v) is 2.77. The predicted molar refractivity (Wildman–Crippen MR) is 78.3 cm³/mol. The van der Waals surface area contributed by atoms with Gasteiger partial charge in [-0.1, -0.05) is 23.7 Å². The van der Waals surface area contributed by atoms with Crippen LogP contribution in [0.25, 0.3) is 0 Å². The molecule has 1 aliphatic rings. The molecule has 1 saturated heterocycles. The summed E-state index contributed by atoms with van der Waals surface area (Å²) in [5.41, 5.74) is 1.36. The zero-order chi connectivity index (χ0) is 13.0. The van der Waals surface area contributed by atoms with Crippen molar-refractivity contribution in [3.8, 4) is 0 Å². The predicted octanol–water partition coefficient (Wildman–Crippen LogP) is 2.95. The zero-order valence-electron chi connectivity index (χ0n) is 11.3. The fourth-order valence-electron chi connectivity index (χ4n) is 2.65.